The first-order chi connectivity index (χ1) is 5.69. The topological polar surface area (TPSA) is 46.5 Å². The van der Waals surface area contributed by atoms with Crippen LogP contribution in [0.1, 0.15) is 21.5 Å². The third kappa shape index (κ3) is 1.58. The molecule has 3 nitrogen and oxygen atoms in total. The van der Waals surface area contributed by atoms with E-state index in [1.807, 2.05) is 6.92 Å². The summed E-state index contributed by atoms with van der Waals surface area (Å²) in [6.45, 7) is 1.96. The number of methoxy groups -OCH3 is 1. The van der Waals surface area contributed by atoms with Crippen molar-refractivity contribution < 1.29 is 14.6 Å². The minimum absolute atomic E-state index is 0.0173. The summed E-state index contributed by atoms with van der Waals surface area (Å²) < 4.78 is 4.49. The van der Waals surface area contributed by atoms with Gasteiger partial charge in [-0.25, -0.2) is 4.79 Å². The number of hydrogen-bond donors (Lipinski definition) is 1. The average molecular weight is 186 g/mol. The molecule has 0 unspecified atom stereocenters. The number of ether oxygens (including phenoxy) is 1. The van der Waals surface area contributed by atoms with Gasteiger partial charge in [0.05, 0.1) is 7.11 Å². The summed E-state index contributed by atoms with van der Waals surface area (Å²) in [5, 5.41) is 9.27. The van der Waals surface area contributed by atoms with Crippen LogP contribution in [0.4, 0.5) is 0 Å². The lowest BCUT2D eigenvalue weighted by atomic mass is 10.3. The van der Waals surface area contributed by atoms with E-state index in [4.69, 9.17) is 0 Å². The Kier molecular flexibility index (Phi) is 2.70. The minimum atomic E-state index is -0.475. The highest BCUT2D eigenvalue weighted by Crippen LogP contribution is 2.28. The largest absolute Gasteiger partial charge is 0.506 e. The van der Waals surface area contributed by atoms with Crippen molar-refractivity contribution >= 4 is 17.3 Å². The summed E-state index contributed by atoms with van der Waals surface area (Å²) in [6.07, 6.45) is 0.815. The fourth-order valence-corrected chi connectivity index (χ4v) is 1.75. The molecule has 4 heteroatoms. The molecule has 1 aromatic heterocycles. The maximum absolute atomic E-state index is 11.0. The Labute approximate surface area is 74.6 Å². The van der Waals surface area contributed by atoms with E-state index in [0.29, 0.717) is 0 Å². The van der Waals surface area contributed by atoms with Crippen LogP contribution in [0.25, 0.3) is 0 Å². The van der Waals surface area contributed by atoms with Crippen LogP contribution in [-0.2, 0) is 11.2 Å². The van der Waals surface area contributed by atoms with E-state index in [9.17, 15) is 9.90 Å². The third-order valence-corrected chi connectivity index (χ3v) is 2.73. The van der Waals surface area contributed by atoms with E-state index >= 15 is 0 Å². The van der Waals surface area contributed by atoms with Gasteiger partial charge in [0, 0.05) is 4.88 Å². The van der Waals surface area contributed by atoms with Gasteiger partial charge >= 0.3 is 5.97 Å². The normalized spacial score (nSPS) is 9.83. The highest BCUT2D eigenvalue weighted by Gasteiger charge is 2.14. The number of hydrogen-bond acceptors (Lipinski definition) is 4. The molecule has 0 atom stereocenters. The van der Waals surface area contributed by atoms with E-state index in [1.54, 1.807) is 6.07 Å². The molecule has 0 amide bonds. The molecule has 66 valence electrons. The maximum Gasteiger partial charge on any atom is 0.351 e. The number of carbonyl (C=O) groups is 1. The fraction of sp³-hybridized carbons (Fsp3) is 0.375. The van der Waals surface area contributed by atoms with Crippen molar-refractivity contribution in [1.82, 2.24) is 0 Å². The maximum atomic E-state index is 11.0. The van der Waals surface area contributed by atoms with E-state index in [2.05, 4.69) is 4.74 Å². The van der Waals surface area contributed by atoms with Crippen LogP contribution < -0.4 is 0 Å². The SMILES string of the molecule is CCc1cc(O)c(C(=O)OC)s1. The molecular weight excluding hydrogens is 176 g/mol. The predicted molar refractivity (Wildman–Crippen MR) is 46.7 cm³/mol. The predicted octanol–water partition coefficient (Wildman–Crippen LogP) is 1.80. The summed E-state index contributed by atoms with van der Waals surface area (Å²) in [7, 11) is 1.30. The van der Waals surface area contributed by atoms with Gasteiger partial charge in [-0.15, -0.1) is 11.3 Å². The summed E-state index contributed by atoms with van der Waals surface area (Å²) in [4.78, 5) is 12.3. The van der Waals surface area contributed by atoms with Gasteiger partial charge in [-0.2, -0.15) is 0 Å². The van der Waals surface area contributed by atoms with Gasteiger partial charge in [0.25, 0.3) is 0 Å². The van der Waals surface area contributed by atoms with Crippen molar-refractivity contribution in [2.45, 2.75) is 13.3 Å². The number of rotatable bonds is 2. The van der Waals surface area contributed by atoms with Crippen molar-refractivity contribution in [2.75, 3.05) is 7.11 Å². The molecule has 1 rings (SSSR count). The lowest BCUT2D eigenvalue weighted by molar-refractivity contribution is 0.0603. The van der Waals surface area contributed by atoms with Crippen molar-refractivity contribution in [2.24, 2.45) is 0 Å². The molecule has 0 aromatic carbocycles. The third-order valence-electron chi connectivity index (χ3n) is 1.48. The van der Waals surface area contributed by atoms with Crippen molar-refractivity contribution in [1.29, 1.82) is 0 Å². The van der Waals surface area contributed by atoms with Gasteiger partial charge < -0.3 is 9.84 Å². The number of thiophene rings is 1. The Morgan fingerprint density at radius 3 is 2.83 bits per heavy atom. The monoisotopic (exact) mass is 186 g/mol. The van der Waals surface area contributed by atoms with Gasteiger partial charge in [-0.1, -0.05) is 6.92 Å². The standard InChI is InChI=1S/C8H10O3S/c1-3-5-4-6(9)7(12-5)8(10)11-2/h4,9H,3H2,1-2H3. The van der Waals surface area contributed by atoms with Gasteiger partial charge in [-0.05, 0) is 12.5 Å². The van der Waals surface area contributed by atoms with E-state index in [-0.39, 0.29) is 10.6 Å². The molecule has 0 aliphatic heterocycles. The number of aromatic hydroxyl groups is 1. The number of carbonyl (C=O) groups excluding carboxylic acids is 1. The van der Waals surface area contributed by atoms with Crippen LogP contribution >= 0.6 is 11.3 Å². The Morgan fingerprint density at radius 1 is 1.75 bits per heavy atom. The Morgan fingerprint density at radius 2 is 2.42 bits per heavy atom. The highest BCUT2D eigenvalue weighted by atomic mass is 32.1. The first kappa shape index (κ1) is 9.06. The van der Waals surface area contributed by atoms with E-state index < -0.39 is 5.97 Å². The zero-order valence-electron chi connectivity index (χ0n) is 6.96. The summed E-state index contributed by atoms with van der Waals surface area (Å²) in [5.41, 5.74) is 0. The molecule has 1 N–H and O–H groups in total. The lowest BCUT2D eigenvalue weighted by Gasteiger charge is -1.93. The van der Waals surface area contributed by atoms with Crippen LogP contribution in [0.3, 0.4) is 0 Å². The van der Waals surface area contributed by atoms with Crippen molar-refractivity contribution in [3.05, 3.63) is 15.8 Å². The molecule has 0 bridgehead atoms. The van der Waals surface area contributed by atoms with Gasteiger partial charge in [0.15, 0.2) is 4.88 Å². The molecule has 1 aromatic rings. The second kappa shape index (κ2) is 3.58. The molecule has 0 fully saturated rings. The Bertz CT molecular complexity index is 290. The molecular formula is C8H10O3S. The van der Waals surface area contributed by atoms with Gasteiger partial charge in [-0.3, -0.25) is 0 Å². The molecule has 0 spiro atoms. The number of aryl methyl sites for hydroxylation is 1. The minimum Gasteiger partial charge on any atom is -0.506 e. The quantitative estimate of drug-likeness (QED) is 0.716. The zero-order chi connectivity index (χ0) is 9.14. The first-order valence-electron chi connectivity index (χ1n) is 3.59. The number of esters is 1. The average Bonchev–Trinajstić information content (AvgIpc) is 2.45. The molecule has 0 aliphatic rings. The second-order valence-electron chi connectivity index (χ2n) is 2.27. The molecule has 12 heavy (non-hydrogen) atoms. The van der Waals surface area contributed by atoms with Crippen LogP contribution in [0.15, 0.2) is 6.07 Å². The molecule has 0 aliphatic carbocycles. The van der Waals surface area contributed by atoms with E-state index in [1.165, 1.54) is 18.4 Å². The molecule has 0 saturated carbocycles. The van der Waals surface area contributed by atoms with Crippen LogP contribution in [-0.4, -0.2) is 18.2 Å². The fourth-order valence-electron chi connectivity index (χ4n) is 0.844. The van der Waals surface area contributed by atoms with Crippen LogP contribution in [0.2, 0.25) is 0 Å². The Balaban J connectivity index is 2.99. The van der Waals surface area contributed by atoms with Gasteiger partial charge in [0.1, 0.15) is 5.75 Å². The summed E-state index contributed by atoms with van der Waals surface area (Å²) in [6, 6.07) is 1.59. The summed E-state index contributed by atoms with van der Waals surface area (Å²) >= 11 is 1.27. The van der Waals surface area contributed by atoms with Crippen LogP contribution in [0.5, 0.6) is 5.75 Å². The van der Waals surface area contributed by atoms with Crippen molar-refractivity contribution in [3.63, 3.8) is 0 Å². The second-order valence-corrected chi connectivity index (χ2v) is 3.41. The lowest BCUT2D eigenvalue weighted by Crippen LogP contribution is -1.97. The smallest absolute Gasteiger partial charge is 0.351 e. The van der Waals surface area contributed by atoms with Crippen LogP contribution in [0, 0.1) is 0 Å². The molecule has 0 saturated heterocycles. The first-order valence-corrected chi connectivity index (χ1v) is 4.40. The van der Waals surface area contributed by atoms with E-state index in [0.717, 1.165) is 11.3 Å². The zero-order valence-corrected chi connectivity index (χ0v) is 7.77. The van der Waals surface area contributed by atoms with Gasteiger partial charge in [0.2, 0.25) is 0 Å². The highest BCUT2D eigenvalue weighted by molar-refractivity contribution is 7.14. The summed E-state index contributed by atoms with van der Waals surface area (Å²) in [5.74, 6) is -0.457. The molecule has 0 radical (unpaired) electrons. The molecule has 1 heterocycles. The van der Waals surface area contributed by atoms with Crippen molar-refractivity contribution in [3.8, 4) is 5.75 Å². The Hall–Kier alpha value is -1.03.